The van der Waals surface area contributed by atoms with Gasteiger partial charge in [-0.3, -0.25) is 4.79 Å². The number of rotatable bonds is 5. The van der Waals surface area contributed by atoms with E-state index < -0.39 is 6.04 Å². The van der Waals surface area contributed by atoms with E-state index in [1.165, 1.54) is 0 Å². The molecule has 1 unspecified atom stereocenters. The number of nitrogens with two attached hydrogens (primary N) is 1. The van der Waals surface area contributed by atoms with Crippen LogP contribution in [-0.4, -0.2) is 55.0 Å². The van der Waals surface area contributed by atoms with Crippen LogP contribution >= 0.6 is 0 Å². The van der Waals surface area contributed by atoms with E-state index in [1.807, 2.05) is 46.7 Å². The second-order valence-corrected chi connectivity index (χ2v) is 6.08. The van der Waals surface area contributed by atoms with Crippen molar-refractivity contribution in [2.24, 2.45) is 11.1 Å². The third-order valence-electron chi connectivity index (χ3n) is 2.98. The molecule has 2 atom stereocenters. The lowest BCUT2D eigenvalue weighted by Gasteiger charge is -2.35. The fourth-order valence-corrected chi connectivity index (χ4v) is 1.86. The molecule has 0 aliphatic heterocycles. The summed E-state index contributed by atoms with van der Waals surface area (Å²) in [6, 6.07) is -0.247. The van der Waals surface area contributed by atoms with Crippen LogP contribution in [0, 0.1) is 5.41 Å². The molecular weight excluding hydrogens is 214 g/mol. The van der Waals surface area contributed by atoms with Gasteiger partial charge in [0, 0.05) is 19.1 Å². The fraction of sp³-hybridized carbons (Fsp3) is 0.923. The quantitative estimate of drug-likeness (QED) is 0.788. The molecule has 1 amide bonds. The summed E-state index contributed by atoms with van der Waals surface area (Å²) in [4.78, 5) is 16.3. The first-order valence-corrected chi connectivity index (χ1v) is 6.32. The van der Waals surface area contributed by atoms with Gasteiger partial charge >= 0.3 is 0 Å². The molecule has 0 aromatic heterocycles. The Morgan fingerprint density at radius 1 is 1.29 bits per heavy atom. The average molecular weight is 243 g/mol. The third-order valence-corrected chi connectivity index (χ3v) is 2.98. The van der Waals surface area contributed by atoms with Crippen molar-refractivity contribution in [1.82, 2.24) is 9.80 Å². The highest BCUT2D eigenvalue weighted by molar-refractivity contribution is 5.82. The number of hydrogen-bond acceptors (Lipinski definition) is 3. The molecule has 0 rings (SSSR count). The van der Waals surface area contributed by atoms with Gasteiger partial charge < -0.3 is 15.5 Å². The molecule has 0 aromatic rings. The van der Waals surface area contributed by atoms with Gasteiger partial charge in [0.2, 0.25) is 5.91 Å². The highest BCUT2D eigenvalue weighted by Crippen LogP contribution is 2.20. The summed E-state index contributed by atoms with van der Waals surface area (Å²) in [7, 11) is 4.02. The zero-order valence-electron chi connectivity index (χ0n) is 12.4. The maximum absolute atomic E-state index is 12.3. The van der Waals surface area contributed by atoms with Gasteiger partial charge in [0.25, 0.3) is 0 Å². The average Bonchev–Trinajstić information content (AvgIpc) is 2.14. The van der Waals surface area contributed by atoms with Crippen molar-refractivity contribution in [1.29, 1.82) is 0 Å². The zero-order chi connectivity index (χ0) is 13.8. The molecule has 0 saturated heterocycles. The van der Waals surface area contributed by atoms with Crippen molar-refractivity contribution < 1.29 is 4.79 Å². The predicted molar refractivity (Wildman–Crippen MR) is 72.8 cm³/mol. The lowest BCUT2D eigenvalue weighted by molar-refractivity contribution is -0.137. The van der Waals surface area contributed by atoms with Gasteiger partial charge in [-0.2, -0.15) is 0 Å². The predicted octanol–water partition coefficient (Wildman–Crippen LogP) is 1.16. The number of nitrogens with zero attached hydrogens (tertiary/aromatic N) is 2. The van der Waals surface area contributed by atoms with Crippen molar-refractivity contribution in [2.75, 3.05) is 27.2 Å². The van der Waals surface area contributed by atoms with E-state index in [9.17, 15) is 4.79 Å². The Kier molecular flexibility index (Phi) is 6.13. The van der Waals surface area contributed by atoms with E-state index in [-0.39, 0.29) is 17.4 Å². The molecule has 0 saturated carbocycles. The molecule has 0 aromatic carbocycles. The van der Waals surface area contributed by atoms with Crippen LogP contribution in [0.2, 0.25) is 0 Å². The second kappa shape index (κ2) is 6.36. The van der Waals surface area contributed by atoms with Crippen LogP contribution < -0.4 is 5.73 Å². The Hall–Kier alpha value is -0.610. The van der Waals surface area contributed by atoms with E-state index in [0.29, 0.717) is 6.54 Å². The summed E-state index contributed by atoms with van der Waals surface area (Å²) in [5.41, 5.74) is 5.84. The first-order chi connectivity index (χ1) is 7.61. The fourth-order valence-electron chi connectivity index (χ4n) is 1.86. The van der Waals surface area contributed by atoms with E-state index in [0.717, 1.165) is 6.54 Å². The van der Waals surface area contributed by atoms with Gasteiger partial charge in [-0.1, -0.05) is 20.8 Å². The smallest absolute Gasteiger partial charge is 0.240 e. The Morgan fingerprint density at radius 2 is 1.76 bits per heavy atom. The molecule has 2 N–H and O–H groups in total. The van der Waals surface area contributed by atoms with Crippen LogP contribution in [0.25, 0.3) is 0 Å². The van der Waals surface area contributed by atoms with Crippen molar-refractivity contribution in [3.63, 3.8) is 0 Å². The highest BCUT2D eigenvalue weighted by Gasteiger charge is 2.32. The summed E-state index contributed by atoms with van der Waals surface area (Å²) in [6.45, 7) is 11.6. The van der Waals surface area contributed by atoms with E-state index >= 15 is 0 Å². The number of hydrogen-bond donors (Lipinski definition) is 1. The molecule has 4 nitrogen and oxygen atoms in total. The first-order valence-electron chi connectivity index (χ1n) is 6.32. The Bertz CT molecular complexity index is 246. The molecule has 0 spiro atoms. The zero-order valence-corrected chi connectivity index (χ0v) is 12.4. The maximum atomic E-state index is 12.3. The summed E-state index contributed by atoms with van der Waals surface area (Å²) < 4.78 is 0. The first kappa shape index (κ1) is 16.4. The van der Waals surface area contributed by atoms with Gasteiger partial charge in [0.15, 0.2) is 0 Å². The normalized spacial score (nSPS) is 15.8. The molecule has 0 bridgehead atoms. The number of carbonyl (C=O) groups is 1. The van der Waals surface area contributed by atoms with Crippen LogP contribution in [0.4, 0.5) is 0 Å². The molecule has 0 aliphatic rings. The molecule has 102 valence electrons. The molecule has 0 radical (unpaired) electrons. The molecular formula is C13H29N3O. The summed E-state index contributed by atoms with van der Waals surface area (Å²) in [5.74, 6) is 0.0503. The van der Waals surface area contributed by atoms with E-state index in [4.69, 9.17) is 5.73 Å². The second-order valence-electron chi connectivity index (χ2n) is 6.08. The topological polar surface area (TPSA) is 49.6 Å². The standard InChI is InChI=1S/C13H29N3O/c1-8-16(10(2)9-15(6)7)12(17)11(14)13(3,4)5/h10-11H,8-9,14H2,1-7H3/t10?,11-/m0/s1. The maximum Gasteiger partial charge on any atom is 0.240 e. The third kappa shape index (κ3) is 5.04. The largest absolute Gasteiger partial charge is 0.338 e. The van der Waals surface area contributed by atoms with E-state index in [2.05, 4.69) is 11.8 Å². The SMILES string of the molecule is CCN(C(=O)[C@H](N)C(C)(C)C)C(C)CN(C)C. The number of likely N-dealkylation sites (N-methyl/N-ethyl adjacent to an activating group) is 2. The van der Waals surface area contributed by atoms with Crippen molar-refractivity contribution in [2.45, 2.75) is 46.7 Å². The van der Waals surface area contributed by atoms with Gasteiger partial charge in [0.1, 0.15) is 0 Å². The van der Waals surface area contributed by atoms with Crippen molar-refractivity contribution >= 4 is 5.91 Å². The van der Waals surface area contributed by atoms with Crippen LogP contribution in [0.3, 0.4) is 0 Å². The molecule has 0 fully saturated rings. The summed E-state index contributed by atoms with van der Waals surface area (Å²) in [5, 5.41) is 0. The van der Waals surface area contributed by atoms with Gasteiger partial charge in [-0.15, -0.1) is 0 Å². The Balaban J connectivity index is 4.71. The van der Waals surface area contributed by atoms with Crippen LogP contribution in [0.5, 0.6) is 0 Å². The van der Waals surface area contributed by atoms with Gasteiger partial charge in [-0.25, -0.2) is 0 Å². The summed E-state index contributed by atoms with van der Waals surface area (Å²) in [6.07, 6.45) is 0. The minimum atomic E-state index is -0.438. The Labute approximate surface area is 106 Å². The monoisotopic (exact) mass is 243 g/mol. The highest BCUT2D eigenvalue weighted by atomic mass is 16.2. The lowest BCUT2D eigenvalue weighted by atomic mass is 9.86. The van der Waals surface area contributed by atoms with Crippen LogP contribution in [-0.2, 0) is 4.79 Å². The van der Waals surface area contributed by atoms with Crippen molar-refractivity contribution in [3.8, 4) is 0 Å². The lowest BCUT2D eigenvalue weighted by Crippen LogP contribution is -2.54. The number of amides is 1. The van der Waals surface area contributed by atoms with Crippen LogP contribution in [0.15, 0.2) is 0 Å². The van der Waals surface area contributed by atoms with Crippen molar-refractivity contribution in [3.05, 3.63) is 0 Å². The molecule has 0 aliphatic carbocycles. The Morgan fingerprint density at radius 3 is 2.06 bits per heavy atom. The summed E-state index contributed by atoms with van der Waals surface area (Å²) >= 11 is 0. The molecule has 0 heterocycles. The van der Waals surface area contributed by atoms with Gasteiger partial charge in [-0.05, 0) is 33.4 Å². The minimum absolute atomic E-state index is 0.0503. The molecule has 4 heteroatoms. The molecule has 17 heavy (non-hydrogen) atoms. The van der Waals surface area contributed by atoms with E-state index in [1.54, 1.807) is 0 Å². The minimum Gasteiger partial charge on any atom is -0.338 e. The van der Waals surface area contributed by atoms with Gasteiger partial charge in [0.05, 0.1) is 6.04 Å². The number of carbonyl (C=O) groups excluding carboxylic acids is 1. The van der Waals surface area contributed by atoms with Crippen LogP contribution in [0.1, 0.15) is 34.6 Å².